The Labute approximate surface area is 117 Å². The molecule has 5 heteroatoms. The zero-order chi connectivity index (χ0) is 14.5. The van der Waals surface area contributed by atoms with Crippen molar-refractivity contribution in [3.8, 4) is 5.75 Å². The average molecular weight is 274 g/mol. The van der Waals surface area contributed by atoms with E-state index < -0.39 is 0 Å². The van der Waals surface area contributed by atoms with Crippen LogP contribution in [0, 0.1) is 0 Å². The first-order chi connectivity index (χ1) is 9.63. The first kappa shape index (κ1) is 14.0. The smallest absolute Gasteiger partial charge is 0.259 e. The van der Waals surface area contributed by atoms with Crippen LogP contribution in [0.4, 0.5) is 5.69 Å². The maximum Gasteiger partial charge on any atom is 0.259 e. The van der Waals surface area contributed by atoms with Crippen LogP contribution in [0.5, 0.6) is 5.75 Å². The van der Waals surface area contributed by atoms with Crippen LogP contribution in [0.1, 0.15) is 22.8 Å². The molecule has 1 aromatic heterocycles. The van der Waals surface area contributed by atoms with E-state index in [9.17, 15) is 4.79 Å². The number of carbonyl (C=O) groups is 1. The number of nitrogens with two attached hydrogens (primary N) is 1. The molecule has 0 unspecified atom stereocenters. The molecule has 0 bridgehead atoms. The van der Waals surface area contributed by atoms with Crippen LogP contribution < -0.4 is 10.5 Å². The molecule has 0 aliphatic carbocycles. The van der Waals surface area contributed by atoms with E-state index >= 15 is 0 Å². The number of hydrogen-bond donors (Lipinski definition) is 1. The Bertz CT molecular complexity index is 579. The monoisotopic (exact) mass is 274 g/mol. The molecule has 0 aliphatic rings. The van der Waals surface area contributed by atoms with Crippen LogP contribution in [0.3, 0.4) is 0 Å². The molecule has 0 saturated heterocycles. The molecule has 1 amide bonds. The van der Waals surface area contributed by atoms with E-state index in [0.717, 1.165) is 5.56 Å². The number of rotatable bonds is 5. The zero-order valence-corrected chi connectivity index (χ0v) is 11.6. The van der Waals surface area contributed by atoms with Crippen molar-refractivity contribution in [2.24, 2.45) is 0 Å². The van der Waals surface area contributed by atoms with Gasteiger partial charge in [-0.3, -0.25) is 4.79 Å². The second kappa shape index (κ2) is 6.14. The third-order valence-corrected chi connectivity index (χ3v) is 2.92. The van der Waals surface area contributed by atoms with Crippen molar-refractivity contribution >= 4 is 11.6 Å². The molecular weight excluding hydrogens is 256 g/mol. The van der Waals surface area contributed by atoms with Gasteiger partial charge in [0.05, 0.1) is 19.1 Å². The van der Waals surface area contributed by atoms with Gasteiger partial charge in [-0.2, -0.15) is 0 Å². The van der Waals surface area contributed by atoms with Crippen molar-refractivity contribution in [3.63, 3.8) is 0 Å². The highest BCUT2D eigenvalue weighted by atomic mass is 16.5. The van der Waals surface area contributed by atoms with Gasteiger partial charge in [0.2, 0.25) is 0 Å². The second-order valence-corrected chi connectivity index (χ2v) is 4.45. The number of ether oxygens (including phenoxy) is 1. The number of furan rings is 1. The van der Waals surface area contributed by atoms with E-state index in [1.165, 1.54) is 0 Å². The van der Waals surface area contributed by atoms with Crippen LogP contribution in [0.2, 0.25) is 0 Å². The summed E-state index contributed by atoms with van der Waals surface area (Å²) < 4.78 is 10.5. The first-order valence-corrected chi connectivity index (χ1v) is 6.41. The van der Waals surface area contributed by atoms with Crippen molar-refractivity contribution in [1.82, 2.24) is 4.90 Å². The van der Waals surface area contributed by atoms with E-state index in [-0.39, 0.29) is 5.91 Å². The van der Waals surface area contributed by atoms with Gasteiger partial charge in [0.25, 0.3) is 5.91 Å². The molecule has 1 aromatic carbocycles. The Hall–Kier alpha value is -2.43. The molecular formula is C15H18N2O3. The lowest BCUT2D eigenvalue weighted by atomic mass is 10.1. The summed E-state index contributed by atoms with van der Waals surface area (Å²) in [4.78, 5) is 14.1. The van der Waals surface area contributed by atoms with Crippen LogP contribution in [-0.4, -0.2) is 24.5 Å². The van der Waals surface area contributed by atoms with Gasteiger partial charge in [-0.05, 0) is 25.1 Å². The Morgan fingerprint density at radius 2 is 2.20 bits per heavy atom. The van der Waals surface area contributed by atoms with Gasteiger partial charge in [0.15, 0.2) is 0 Å². The summed E-state index contributed by atoms with van der Waals surface area (Å²) in [5, 5.41) is 0. The molecule has 0 saturated carbocycles. The standard InChI is InChI=1S/C15H18N2O3/c1-3-20-13-6-4-5-12(16)14(13)15(18)17(2)9-11-7-8-19-10-11/h4-8,10H,3,9,16H2,1-2H3. The number of nitrogens with zero attached hydrogens (tertiary/aromatic N) is 1. The van der Waals surface area contributed by atoms with Crippen LogP contribution >= 0.6 is 0 Å². The number of hydrogen-bond acceptors (Lipinski definition) is 4. The minimum atomic E-state index is -0.173. The van der Waals surface area contributed by atoms with E-state index in [1.807, 2.05) is 13.0 Å². The van der Waals surface area contributed by atoms with Crippen LogP contribution in [-0.2, 0) is 6.54 Å². The van der Waals surface area contributed by atoms with Crippen molar-refractivity contribution in [3.05, 3.63) is 47.9 Å². The molecule has 2 N–H and O–H groups in total. The fourth-order valence-electron chi connectivity index (χ4n) is 1.97. The van der Waals surface area contributed by atoms with Gasteiger partial charge in [-0.25, -0.2) is 0 Å². The molecule has 0 atom stereocenters. The third kappa shape index (κ3) is 2.93. The van der Waals surface area contributed by atoms with E-state index in [0.29, 0.717) is 30.2 Å². The molecule has 0 spiro atoms. The topological polar surface area (TPSA) is 68.7 Å². The van der Waals surface area contributed by atoms with Crippen molar-refractivity contribution in [2.45, 2.75) is 13.5 Å². The number of carbonyl (C=O) groups excluding carboxylic acids is 1. The number of amides is 1. The molecule has 106 valence electrons. The number of anilines is 1. The van der Waals surface area contributed by atoms with Gasteiger partial charge in [-0.1, -0.05) is 6.07 Å². The zero-order valence-electron chi connectivity index (χ0n) is 11.6. The van der Waals surface area contributed by atoms with Gasteiger partial charge in [0.1, 0.15) is 11.3 Å². The molecule has 0 aliphatic heterocycles. The van der Waals surface area contributed by atoms with Gasteiger partial charge in [-0.15, -0.1) is 0 Å². The molecule has 2 rings (SSSR count). The summed E-state index contributed by atoms with van der Waals surface area (Å²) in [5.74, 6) is 0.337. The lowest BCUT2D eigenvalue weighted by Gasteiger charge is -2.19. The first-order valence-electron chi connectivity index (χ1n) is 6.41. The minimum absolute atomic E-state index is 0.173. The average Bonchev–Trinajstić information content (AvgIpc) is 2.91. The summed E-state index contributed by atoms with van der Waals surface area (Å²) in [7, 11) is 1.72. The summed E-state index contributed by atoms with van der Waals surface area (Å²) in [6, 6.07) is 7.04. The summed E-state index contributed by atoms with van der Waals surface area (Å²) in [6.07, 6.45) is 3.19. The lowest BCUT2D eigenvalue weighted by molar-refractivity contribution is 0.0782. The highest BCUT2D eigenvalue weighted by Gasteiger charge is 2.20. The van der Waals surface area contributed by atoms with Crippen LogP contribution in [0.15, 0.2) is 41.2 Å². The fourth-order valence-corrected chi connectivity index (χ4v) is 1.97. The quantitative estimate of drug-likeness (QED) is 0.851. The van der Waals surface area contributed by atoms with Gasteiger partial charge < -0.3 is 19.8 Å². The maximum atomic E-state index is 12.5. The predicted molar refractivity (Wildman–Crippen MR) is 76.5 cm³/mol. The summed E-state index contributed by atoms with van der Waals surface area (Å²) in [5.41, 5.74) is 7.66. The fraction of sp³-hybridized carbons (Fsp3) is 0.267. The number of benzene rings is 1. The maximum absolute atomic E-state index is 12.5. The SMILES string of the molecule is CCOc1cccc(N)c1C(=O)N(C)Cc1ccoc1. The number of nitrogen functional groups attached to an aromatic ring is 1. The molecule has 5 nitrogen and oxygen atoms in total. The highest BCUT2D eigenvalue weighted by Crippen LogP contribution is 2.26. The Balaban J connectivity index is 2.23. The third-order valence-electron chi connectivity index (χ3n) is 2.92. The molecule has 2 aromatic rings. The molecule has 20 heavy (non-hydrogen) atoms. The van der Waals surface area contributed by atoms with E-state index in [4.69, 9.17) is 14.9 Å². The Kier molecular flexibility index (Phi) is 4.30. The second-order valence-electron chi connectivity index (χ2n) is 4.45. The summed E-state index contributed by atoms with van der Waals surface area (Å²) >= 11 is 0. The predicted octanol–water partition coefficient (Wildman–Crippen LogP) is 2.53. The van der Waals surface area contributed by atoms with E-state index in [1.54, 1.807) is 42.7 Å². The minimum Gasteiger partial charge on any atom is -0.493 e. The van der Waals surface area contributed by atoms with E-state index in [2.05, 4.69) is 0 Å². The Morgan fingerprint density at radius 3 is 2.85 bits per heavy atom. The van der Waals surface area contributed by atoms with Crippen molar-refractivity contribution < 1.29 is 13.9 Å². The van der Waals surface area contributed by atoms with Gasteiger partial charge in [0, 0.05) is 24.8 Å². The largest absolute Gasteiger partial charge is 0.493 e. The molecule has 1 heterocycles. The lowest BCUT2D eigenvalue weighted by Crippen LogP contribution is -2.27. The van der Waals surface area contributed by atoms with Crippen LogP contribution in [0.25, 0.3) is 0 Å². The summed E-state index contributed by atoms with van der Waals surface area (Å²) in [6.45, 7) is 2.80. The van der Waals surface area contributed by atoms with Crippen molar-refractivity contribution in [2.75, 3.05) is 19.4 Å². The van der Waals surface area contributed by atoms with Gasteiger partial charge >= 0.3 is 0 Å². The molecule has 0 fully saturated rings. The highest BCUT2D eigenvalue weighted by molar-refractivity contribution is 6.01. The van der Waals surface area contributed by atoms with Crippen molar-refractivity contribution in [1.29, 1.82) is 0 Å². The normalized spacial score (nSPS) is 10.3. The molecule has 0 radical (unpaired) electrons. The Morgan fingerprint density at radius 1 is 1.40 bits per heavy atom.